The molecule has 0 amide bonds. The van der Waals surface area contributed by atoms with Crippen molar-refractivity contribution in [1.82, 2.24) is 0 Å². The fourth-order valence-electron chi connectivity index (χ4n) is 3.79. The first kappa shape index (κ1) is 23.0. The van der Waals surface area contributed by atoms with E-state index in [-0.39, 0.29) is 0 Å². The lowest BCUT2D eigenvalue weighted by atomic mass is 10.00. The van der Waals surface area contributed by atoms with Crippen LogP contribution in [0.25, 0.3) is 21.5 Å². The summed E-state index contributed by atoms with van der Waals surface area (Å²) in [7, 11) is 0. The van der Waals surface area contributed by atoms with Gasteiger partial charge in [0.05, 0.1) is 23.3 Å². The zero-order valence-corrected chi connectivity index (χ0v) is 19.9. The molecule has 0 aliphatic heterocycles. The van der Waals surface area contributed by atoms with E-state index < -0.39 is 0 Å². The number of benzene rings is 3. The van der Waals surface area contributed by atoms with Crippen molar-refractivity contribution in [3.63, 3.8) is 0 Å². The summed E-state index contributed by atoms with van der Waals surface area (Å²) in [4.78, 5) is 0. The fourth-order valence-corrected chi connectivity index (χ4v) is 4.31. The molecule has 162 valence electrons. The van der Waals surface area contributed by atoms with E-state index >= 15 is 0 Å². The summed E-state index contributed by atoms with van der Waals surface area (Å²) in [5, 5.41) is 5.01. The standard InChI is InChI=1S/C26H32Cl2O2/c1-17(2)9-7-15-29-25-19-11-5-13-21(27)23(19)26(30-16-8-10-18(3)4)24-20(25)12-6-14-22(24)28/h5-6,11-14,17-18H,7-10,15-16H2,1-4H3. The number of hydrogen-bond donors (Lipinski definition) is 0. The maximum atomic E-state index is 6.67. The maximum Gasteiger partial charge on any atom is 0.138 e. The van der Waals surface area contributed by atoms with Crippen LogP contribution in [0.4, 0.5) is 0 Å². The lowest BCUT2D eigenvalue weighted by Crippen LogP contribution is -2.04. The van der Waals surface area contributed by atoms with Gasteiger partial charge in [0.15, 0.2) is 0 Å². The smallest absolute Gasteiger partial charge is 0.138 e. The Kier molecular flexibility index (Phi) is 8.13. The molecule has 0 saturated carbocycles. The zero-order valence-electron chi connectivity index (χ0n) is 18.4. The van der Waals surface area contributed by atoms with Gasteiger partial charge in [0.1, 0.15) is 11.5 Å². The SMILES string of the molecule is CC(C)CCCOc1c2cccc(Cl)c2c(OCCCC(C)C)c2c(Cl)cccc12. The summed E-state index contributed by atoms with van der Waals surface area (Å²) in [6.45, 7) is 10.2. The van der Waals surface area contributed by atoms with E-state index in [4.69, 9.17) is 32.7 Å². The number of halogens is 2. The Morgan fingerprint density at radius 2 is 1.10 bits per heavy atom. The second-order valence-electron chi connectivity index (χ2n) is 8.75. The van der Waals surface area contributed by atoms with Crippen molar-refractivity contribution in [2.45, 2.75) is 53.4 Å². The normalized spacial score (nSPS) is 11.7. The molecule has 0 fully saturated rings. The summed E-state index contributed by atoms with van der Waals surface area (Å²) < 4.78 is 12.7. The van der Waals surface area contributed by atoms with E-state index in [1.165, 1.54) is 0 Å². The van der Waals surface area contributed by atoms with Crippen LogP contribution in [-0.2, 0) is 0 Å². The average Bonchev–Trinajstić information content (AvgIpc) is 2.69. The molecule has 30 heavy (non-hydrogen) atoms. The molecule has 0 bridgehead atoms. The third kappa shape index (κ3) is 5.34. The van der Waals surface area contributed by atoms with E-state index in [9.17, 15) is 0 Å². The molecule has 0 atom stereocenters. The highest BCUT2D eigenvalue weighted by Gasteiger charge is 2.20. The lowest BCUT2D eigenvalue weighted by molar-refractivity contribution is 0.299. The highest BCUT2D eigenvalue weighted by atomic mass is 35.5. The second-order valence-corrected chi connectivity index (χ2v) is 9.57. The molecule has 3 aromatic carbocycles. The molecule has 4 heteroatoms. The Bertz CT molecular complexity index is 932. The van der Waals surface area contributed by atoms with E-state index in [2.05, 4.69) is 39.8 Å². The highest BCUT2D eigenvalue weighted by molar-refractivity contribution is 6.40. The predicted molar refractivity (Wildman–Crippen MR) is 131 cm³/mol. The Morgan fingerprint density at radius 1 is 0.667 bits per heavy atom. The van der Waals surface area contributed by atoms with Crippen LogP contribution in [0.15, 0.2) is 36.4 Å². The van der Waals surface area contributed by atoms with Crippen LogP contribution in [0.3, 0.4) is 0 Å². The molecule has 0 aromatic heterocycles. The van der Waals surface area contributed by atoms with Gasteiger partial charge in [0.25, 0.3) is 0 Å². The first-order valence-corrected chi connectivity index (χ1v) is 11.7. The Hall–Kier alpha value is -1.64. The third-order valence-electron chi connectivity index (χ3n) is 5.32. The maximum absolute atomic E-state index is 6.67. The van der Waals surface area contributed by atoms with Gasteiger partial charge in [0.2, 0.25) is 0 Å². The van der Waals surface area contributed by atoms with Crippen molar-refractivity contribution in [2.24, 2.45) is 11.8 Å². The first-order valence-electron chi connectivity index (χ1n) is 11.0. The van der Waals surface area contributed by atoms with Gasteiger partial charge in [0, 0.05) is 21.5 Å². The monoisotopic (exact) mass is 446 g/mol. The van der Waals surface area contributed by atoms with E-state index in [0.29, 0.717) is 35.1 Å². The Labute approximate surface area is 190 Å². The van der Waals surface area contributed by atoms with Crippen molar-refractivity contribution in [3.05, 3.63) is 46.4 Å². The lowest BCUT2D eigenvalue weighted by Gasteiger charge is -2.19. The molecule has 3 rings (SSSR count). The fraction of sp³-hybridized carbons (Fsp3) is 0.462. The van der Waals surface area contributed by atoms with Crippen molar-refractivity contribution in [3.8, 4) is 11.5 Å². The molecule has 0 aliphatic carbocycles. The summed E-state index contributed by atoms with van der Waals surface area (Å²) in [5.41, 5.74) is 0. The zero-order chi connectivity index (χ0) is 21.7. The van der Waals surface area contributed by atoms with Crippen molar-refractivity contribution >= 4 is 44.7 Å². The highest BCUT2D eigenvalue weighted by Crippen LogP contribution is 2.47. The van der Waals surface area contributed by atoms with Gasteiger partial charge in [-0.2, -0.15) is 0 Å². The summed E-state index contributed by atoms with van der Waals surface area (Å²) >= 11 is 13.3. The van der Waals surface area contributed by atoms with Gasteiger partial charge >= 0.3 is 0 Å². The van der Waals surface area contributed by atoms with Gasteiger partial charge < -0.3 is 9.47 Å². The van der Waals surface area contributed by atoms with E-state index in [1.54, 1.807) is 0 Å². The minimum absolute atomic E-state index is 0.632. The number of hydrogen-bond acceptors (Lipinski definition) is 2. The van der Waals surface area contributed by atoms with Gasteiger partial charge in [-0.1, -0.05) is 75.2 Å². The van der Waals surface area contributed by atoms with Crippen LogP contribution in [0, 0.1) is 11.8 Å². The minimum atomic E-state index is 0.632. The van der Waals surface area contributed by atoms with Gasteiger partial charge in [-0.05, 0) is 49.7 Å². The Balaban J connectivity index is 2.09. The van der Waals surface area contributed by atoms with Crippen LogP contribution < -0.4 is 9.47 Å². The molecule has 2 nitrogen and oxygen atoms in total. The van der Waals surface area contributed by atoms with Crippen LogP contribution >= 0.6 is 23.2 Å². The third-order valence-corrected chi connectivity index (χ3v) is 5.94. The number of ether oxygens (including phenoxy) is 2. The van der Waals surface area contributed by atoms with Gasteiger partial charge in [-0.25, -0.2) is 0 Å². The average molecular weight is 447 g/mol. The number of fused-ring (bicyclic) bond motifs is 2. The van der Waals surface area contributed by atoms with Gasteiger partial charge in [-0.3, -0.25) is 0 Å². The minimum Gasteiger partial charge on any atom is -0.492 e. The summed E-state index contributed by atoms with van der Waals surface area (Å²) in [5.74, 6) is 2.90. The van der Waals surface area contributed by atoms with Crippen LogP contribution in [0.5, 0.6) is 11.5 Å². The molecule has 0 N–H and O–H groups in total. The van der Waals surface area contributed by atoms with Gasteiger partial charge in [-0.15, -0.1) is 0 Å². The predicted octanol–water partition coefficient (Wildman–Crippen LogP) is 8.93. The quantitative estimate of drug-likeness (QED) is 0.228. The van der Waals surface area contributed by atoms with Crippen molar-refractivity contribution in [2.75, 3.05) is 13.2 Å². The van der Waals surface area contributed by atoms with Crippen molar-refractivity contribution < 1.29 is 9.47 Å². The topological polar surface area (TPSA) is 18.5 Å². The Morgan fingerprint density at radius 3 is 1.53 bits per heavy atom. The summed E-state index contributed by atoms with van der Waals surface area (Å²) in [6, 6.07) is 11.8. The van der Waals surface area contributed by atoms with Crippen LogP contribution in [-0.4, -0.2) is 13.2 Å². The molecule has 0 saturated heterocycles. The molecule has 0 radical (unpaired) electrons. The van der Waals surface area contributed by atoms with Crippen LogP contribution in [0.1, 0.15) is 53.4 Å². The second kappa shape index (κ2) is 10.6. The van der Waals surface area contributed by atoms with E-state index in [0.717, 1.165) is 58.7 Å². The molecular formula is C26H32Cl2O2. The molecule has 3 aromatic rings. The van der Waals surface area contributed by atoms with Crippen LogP contribution in [0.2, 0.25) is 10.0 Å². The first-order chi connectivity index (χ1) is 14.4. The molecule has 0 aliphatic rings. The molecule has 0 heterocycles. The van der Waals surface area contributed by atoms with Crippen molar-refractivity contribution in [1.29, 1.82) is 0 Å². The molecule has 0 unspecified atom stereocenters. The molecule has 0 spiro atoms. The number of rotatable bonds is 10. The largest absolute Gasteiger partial charge is 0.492 e. The summed E-state index contributed by atoms with van der Waals surface area (Å²) in [6.07, 6.45) is 4.25. The molecular weight excluding hydrogens is 415 g/mol. The van der Waals surface area contributed by atoms with E-state index in [1.807, 2.05) is 24.3 Å².